The van der Waals surface area contributed by atoms with Crippen molar-refractivity contribution in [1.29, 1.82) is 0 Å². The fraction of sp³-hybridized carbons (Fsp3) is 0.400. The largest absolute Gasteiger partial charge is 0.480 e. The fourth-order valence-electron chi connectivity index (χ4n) is 2.89. The van der Waals surface area contributed by atoms with Crippen LogP contribution < -0.4 is 4.90 Å². The van der Waals surface area contributed by atoms with Crippen molar-refractivity contribution in [2.45, 2.75) is 11.3 Å². The van der Waals surface area contributed by atoms with Crippen LogP contribution in [0.5, 0.6) is 0 Å². The van der Waals surface area contributed by atoms with Crippen LogP contribution in [0, 0.1) is 0 Å². The molecule has 0 bridgehead atoms. The van der Waals surface area contributed by atoms with Crippen LogP contribution >= 0.6 is 35.0 Å². The molecule has 2 aliphatic rings. The zero-order valence-electron chi connectivity index (χ0n) is 13.7. The highest BCUT2D eigenvalue weighted by molar-refractivity contribution is 8.16. The average Bonchev–Trinajstić information content (AvgIpc) is 2.98. The molecule has 1 aromatic carbocycles. The van der Waals surface area contributed by atoms with E-state index in [0.717, 1.165) is 0 Å². The molecule has 0 saturated carbocycles. The van der Waals surface area contributed by atoms with Gasteiger partial charge in [-0.1, -0.05) is 35.0 Å². The lowest BCUT2D eigenvalue weighted by Crippen LogP contribution is -2.38. The Kier molecular flexibility index (Phi) is 6.02. The van der Waals surface area contributed by atoms with Crippen LogP contribution in [-0.2, 0) is 24.2 Å². The summed E-state index contributed by atoms with van der Waals surface area (Å²) >= 11 is 13.4. The van der Waals surface area contributed by atoms with Crippen LogP contribution in [-0.4, -0.2) is 66.6 Å². The molecule has 0 aliphatic carbocycles. The summed E-state index contributed by atoms with van der Waals surface area (Å²) in [6, 6.07) is 4.36. The highest BCUT2D eigenvalue weighted by Crippen LogP contribution is 2.43. The number of aliphatic carboxylic acids is 1. The minimum absolute atomic E-state index is 0.0211. The predicted octanol–water partition coefficient (Wildman–Crippen LogP) is 1.70. The number of carboxylic acid groups (broad SMARTS) is 1. The first-order valence-corrected chi connectivity index (χ1v) is 11.1. The number of nitrogens with zero attached hydrogens (tertiary/aromatic N) is 2. The van der Waals surface area contributed by atoms with E-state index in [-0.39, 0.29) is 16.8 Å². The maximum Gasteiger partial charge on any atom is 0.329 e. The lowest BCUT2D eigenvalue weighted by Gasteiger charge is -2.25. The van der Waals surface area contributed by atoms with Gasteiger partial charge in [0.2, 0.25) is 0 Å². The molecule has 12 heteroatoms. The minimum atomic E-state index is -3.20. The maximum atomic E-state index is 12.0. The van der Waals surface area contributed by atoms with E-state index >= 15 is 0 Å². The number of carbonyl (C=O) groups excluding carboxylic acids is 1. The van der Waals surface area contributed by atoms with Gasteiger partial charge in [-0.15, -0.1) is 0 Å². The van der Waals surface area contributed by atoms with Gasteiger partial charge in [0, 0.05) is 10.3 Å². The summed E-state index contributed by atoms with van der Waals surface area (Å²) in [5.41, 5.74) is 0.496. The molecular formula is C15H14Cl2N2O6S2. The number of aliphatic imine (C=N–C) groups is 1. The van der Waals surface area contributed by atoms with E-state index in [1.165, 1.54) is 17.8 Å². The first-order chi connectivity index (χ1) is 12.7. The van der Waals surface area contributed by atoms with Crippen molar-refractivity contribution in [1.82, 2.24) is 0 Å². The normalized spacial score (nSPS) is 25.0. The van der Waals surface area contributed by atoms with Crippen LogP contribution in [0.1, 0.15) is 0 Å². The SMILES string of the molecule is O=C(O)COCC(=O)N=C1S[C@H]2CS(=O)(=O)C[C@@H]2N1c1ccc(Cl)cc1Cl. The number of fused-ring (bicyclic) bond motifs is 1. The second-order valence-corrected chi connectivity index (χ2v) is 10.1. The van der Waals surface area contributed by atoms with E-state index in [4.69, 9.17) is 33.0 Å². The van der Waals surface area contributed by atoms with Crippen LogP contribution in [0.15, 0.2) is 23.2 Å². The number of anilines is 1. The molecule has 1 aromatic rings. The summed E-state index contributed by atoms with van der Waals surface area (Å²) < 4.78 is 28.8. The molecule has 2 fully saturated rings. The molecule has 8 nitrogen and oxygen atoms in total. The Morgan fingerprint density at radius 1 is 1.30 bits per heavy atom. The van der Waals surface area contributed by atoms with Crippen molar-refractivity contribution in [3.05, 3.63) is 28.2 Å². The summed E-state index contributed by atoms with van der Waals surface area (Å²) in [6.07, 6.45) is 0. The number of rotatable bonds is 5. The number of hydrogen-bond donors (Lipinski definition) is 1. The van der Waals surface area contributed by atoms with E-state index in [2.05, 4.69) is 4.99 Å². The Hall–Kier alpha value is -1.33. The van der Waals surface area contributed by atoms with Gasteiger partial charge >= 0.3 is 5.97 Å². The summed E-state index contributed by atoms with van der Waals surface area (Å²) in [5.74, 6) is -1.96. The van der Waals surface area contributed by atoms with Gasteiger partial charge in [0.1, 0.15) is 13.2 Å². The quantitative estimate of drug-likeness (QED) is 0.717. The summed E-state index contributed by atoms with van der Waals surface area (Å²) in [5, 5.41) is 9.28. The number of amidine groups is 1. The highest BCUT2D eigenvalue weighted by atomic mass is 35.5. The second-order valence-electron chi connectivity index (χ2n) is 5.94. The smallest absolute Gasteiger partial charge is 0.329 e. The topological polar surface area (TPSA) is 113 Å². The van der Waals surface area contributed by atoms with Gasteiger partial charge in [-0.25, -0.2) is 13.2 Å². The Morgan fingerprint density at radius 3 is 2.70 bits per heavy atom. The molecule has 146 valence electrons. The number of amides is 1. The van der Waals surface area contributed by atoms with E-state index in [0.29, 0.717) is 20.9 Å². The van der Waals surface area contributed by atoms with Gasteiger partial charge in [0.15, 0.2) is 15.0 Å². The summed E-state index contributed by atoms with van der Waals surface area (Å²) in [4.78, 5) is 28.1. The second kappa shape index (κ2) is 7.96. The number of sulfone groups is 1. The number of ether oxygens (including phenoxy) is 1. The Bertz CT molecular complexity index is 921. The number of halogens is 2. The molecular weight excluding hydrogens is 439 g/mol. The van der Waals surface area contributed by atoms with Crippen LogP contribution in [0.2, 0.25) is 10.0 Å². The number of hydrogen-bond acceptors (Lipinski definition) is 6. The molecule has 2 saturated heterocycles. The van der Waals surface area contributed by atoms with E-state index in [9.17, 15) is 18.0 Å². The monoisotopic (exact) mass is 452 g/mol. The fourth-order valence-corrected chi connectivity index (χ4v) is 7.31. The summed E-state index contributed by atoms with van der Waals surface area (Å²) in [6.45, 7) is -1.11. The van der Waals surface area contributed by atoms with Crippen LogP contribution in [0.25, 0.3) is 0 Å². The number of carbonyl (C=O) groups is 2. The van der Waals surface area contributed by atoms with Crippen molar-refractivity contribution in [3.8, 4) is 0 Å². The molecule has 2 heterocycles. The molecule has 0 unspecified atom stereocenters. The molecule has 1 amide bonds. The molecule has 1 N–H and O–H groups in total. The third kappa shape index (κ3) is 4.75. The van der Waals surface area contributed by atoms with E-state index < -0.39 is 41.0 Å². The van der Waals surface area contributed by atoms with E-state index in [1.807, 2.05) is 0 Å². The first kappa shape index (κ1) is 20.4. The Labute approximate surface area is 169 Å². The van der Waals surface area contributed by atoms with Gasteiger partial charge in [-0.2, -0.15) is 4.99 Å². The van der Waals surface area contributed by atoms with Crippen LogP contribution in [0.3, 0.4) is 0 Å². The number of carboxylic acids is 1. The lowest BCUT2D eigenvalue weighted by atomic mass is 10.2. The van der Waals surface area contributed by atoms with Gasteiger partial charge in [-0.3, -0.25) is 4.79 Å². The van der Waals surface area contributed by atoms with Crippen molar-refractivity contribution in [2.75, 3.05) is 29.6 Å². The molecule has 0 spiro atoms. The van der Waals surface area contributed by atoms with Crippen molar-refractivity contribution < 1.29 is 27.9 Å². The molecule has 2 aliphatic heterocycles. The Balaban J connectivity index is 1.89. The van der Waals surface area contributed by atoms with Crippen molar-refractivity contribution in [2.24, 2.45) is 4.99 Å². The molecule has 2 atom stereocenters. The van der Waals surface area contributed by atoms with Gasteiger partial charge in [0.25, 0.3) is 5.91 Å². The van der Waals surface area contributed by atoms with Gasteiger partial charge in [0.05, 0.1) is 28.3 Å². The van der Waals surface area contributed by atoms with Crippen LogP contribution in [0.4, 0.5) is 5.69 Å². The zero-order chi connectivity index (χ0) is 19.8. The molecule has 0 aromatic heterocycles. The highest BCUT2D eigenvalue weighted by Gasteiger charge is 2.49. The minimum Gasteiger partial charge on any atom is -0.480 e. The lowest BCUT2D eigenvalue weighted by molar-refractivity contribution is -0.143. The Morgan fingerprint density at radius 2 is 2.04 bits per heavy atom. The number of benzene rings is 1. The average molecular weight is 453 g/mol. The number of thioether (sulfide) groups is 1. The van der Waals surface area contributed by atoms with Gasteiger partial charge < -0.3 is 14.7 Å². The predicted molar refractivity (Wildman–Crippen MR) is 104 cm³/mol. The maximum absolute atomic E-state index is 12.0. The standard InChI is InChI=1S/C15H14Cl2N2O6S2/c16-8-1-2-10(9(17)3-8)19-11-6-27(23,24)7-12(11)26-15(19)18-13(20)4-25-5-14(21)22/h1-3,11-12H,4-7H2,(H,21,22)/t11-,12-/m0/s1. The third-order valence-electron chi connectivity index (χ3n) is 3.91. The van der Waals surface area contributed by atoms with Gasteiger partial charge in [-0.05, 0) is 18.2 Å². The first-order valence-electron chi connectivity index (χ1n) is 7.69. The molecule has 27 heavy (non-hydrogen) atoms. The third-order valence-corrected chi connectivity index (χ3v) is 7.65. The zero-order valence-corrected chi connectivity index (χ0v) is 16.8. The van der Waals surface area contributed by atoms with E-state index in [1.54, 1.807) is 17.0 Å². The summed E-state index contributed by atoms with van der Waals surface area (Å²) in [7, 11) is -3.20. The molecule has 0 radical (unpaired) electrons. The van der Waals surface area contributed by atoms with Crippen molar-refractivity contribution in [3.63, 3.8) is 0 Å². The van der Waals surface area contributed by atoms with Crippen molar-refractivity contribution >= 4 is 67.5 Å². The molecule has 3 rings (SSSR count).